The molecule has 1 aromatic rings. The third-order valence-corrected chi connectivity index (χ3v) is 9.63. The number of Topliss-reactive ketones (excluding diaryl/α,β-unsaturated/α-hetero) is 2. The van der Waals surface area contributed by atoms with E-state index in [4.69, 9.17) is 13.9 Å². The highest BCUT2D eigenvalue weighted by Crippen LogP contribution is 2.67. The normalized spacial score (nSPS) is 40.1. The molecule has 1 aliphatic heterocycles. The standard InChI is InChI=1S/C27H32O8/c1-24(2)18(11-19(28)33-5)26(4)16-6-8-25(3)17(15(16)12-27(32,22(24)30)23(26)31)10-20(29)35-21(25)14-7-9-34-13-14/h7,9,13,16,18,21,32H,6,8,10-12H2,1-5H3/t16-,18-,21-,25+,26+,27+/m0/s1. The van der Waals surface area contributed by atoms with E-state index in [1.165, 1.54) is 13.4 Å². The number of ether oxygens (including phenoxy) is 2. The van der Waals surface area contributed by atoms with Gasteiger partial charge in [0.1, 0.15) is 6.10 Å². The van der Waals surface area contributed by atoms with Crippen LogP contribution < -0.4 is 0 Å². The first-order chi connectivity index (χ1) is 16.3. The van der Waals surface area contributed by atoms with Gasteiger partial charge >= 0.3 is 11.9 Å². The van der Waals surface area contributed by atoms with Crippen LogP contribution in [0.3, 0.4) is 0 Å². The fourth-order valence-corrected chi connectivity index (χ4v) is 7.85. The lowest BCUT2D eigenvalue weighted by Crippen LogP contribution is -2.72. The number of hydrogen-bond donors (Lipinski definition) is 1. The molecule has 4 aliphatic rings. The number of aliphatic hydroxyl groups is 1. The van der Waals surface area contributed by atoms with Crippen molar-refractivity contribution in [3.63, 3.8) is 0 Å². The Hall–Kier alpha value is -2.74. The highest BCUT2D eigenvalue weighted by Gasteiger charge is 2.73. The Kier molecular flexibility index (Phi) is 5.06. The number of esters is 2. The fourth-order valence-electron chi connectivity index (χ4n) is 7.85. The molecule has 8 heteroatoms. The van der Waals surface area contributed by atoms with E-state index in [0.29, 0.717) is 12.8 Å². The highest BCUT2D eigenvalue weighted by molar-refractivity contribution is 6.18. The molecule has 1 N–H and O–H groups in total. The molecule has 6 atom stereocenters. The molecule has 5 rings (SSSR count). The summed E-state index contributed by atoms with van der Waals surface area (Å²) in [5.41, 5.74) is -2.70. The first kappa shape index (κ1) is 24.0. The van der Waals surface area contributed by atoms with Crippen molar-refractivity contribution in [1.29, 1.82) is 0 Å². The zero-order valence-electron chi connectivity index (χ0n) is 20.8. The Balaban J connectivity index is 1.72. The molecule has 2 saturated carbocycles. The molecule has 1 aromatic heterocycles. The van der Waals surface area contributed by atoms with E-state index in [1.807, 2.05) is 6.92 Å². The molecule has 3 fully saturated rings. The largest absolute Gasteiger partial charge is 0.472 e. The Morgan fingerprint density at radius 3 is 2.51 bits per heavy atom. The highest BCUT2D eigenvalue weighted by atomic mass is 16.5. The van der Waals surface area contributed by atoms with E-state index in [9.17, 15) is 24.3 Å². The second kappa shape index (κ2) is 7.38. The molecular weight excluding hydrogens is 452 g/mol. The second-order valence-corrected chi connectivity index (χ2v) is 11.6. The number of methoxy groups -OCH3 is 1. The van der Waals surface area contributed by atoms with Crippen LogP contribution in [-0.2, 0) is 28.7 Å². The first-order valence-electron chi connectivity index (χ1n) is 12.1. The van der Waals surface area contributed by atoms with Gasteiger partial charge in [0.25, 0.3) is 0 Å². The van der Waals surface area contributed by atoms with E-state index in [1.54, 1.807) is 33.1 Å². The summed E-state index contributed by atoms with van der Waals surface area (Å²) in [4.78, 5) is 52.8. The average molecular weight is 485 g/mol. The molecule has 1 saturated heterocycles. The van der Waals surface area contributed by atoms with Gasteiger partial charge in [0.05, 0.1) is 32.5 Å². The van der Waals surface area contributed by atoms with Gasteiger partial charge in [-0.05, 0) is 36.3 Å². The van der Waals surface area contributed by atoms with Crippen LogP contribution in [-0.4, -0.2) is 41.3 Å². The lowest BCUT2D eigenvalue weighted by Gasteiger charge is -2.62. The van der Waals surface area contributed by atoms with Crippen molar-refractivity contribution in [2.75, 3.05) is 7.11 Å². The van der Waals surface area contributed by atoms with E-state index in [-0.39, 0.29) is 25.2 Å². The minimum absolute atomic E-state index is 0.0380. The third kappa shape index (κ3) is 2.95. The number of carbonyl (C=O) groups is 4. The molecule has 8 nitrogen and oxygen atoms in total. The van der Waals surface area contributed by atoms with Gasteiger partial charge in [0.15, 0.2) is 17.2 Å². The number of furan rings is 1. The van der Waals surface area contributed by atoms with Crippen LogP contribution in [0.5, 0.6) is 0 Å². The summed E-state index contributed by atoms with van der Waals surface area (Å²) in [7, 11) is 1.28. The Bertz CT molecular complexity index is 1160. The van der Waals surface area contributed by atoms with Gasteiger partial charge < -0.3 is 19.0 Å². The minimum Gasteiger partial charge on any atom is -0.472 e. The maximum Gasteiger partial charge on any atom is 0.310 e. The topological polar surface area (TPSA) is 120 Å². The number of fused-ring (bicyclic) bond motifs is 5. The fraction of sp³-hybridized carbons (Fsp3) is 0.630. The maximum atomic E-state index is 13.9. The van der Waals surface area contributed by atoms with Gasteiger partial charge in [-0.25, -0.2) is 0 Å². The molecule has 0 aromatic carbocycles. The number of carbonyl (C=O) groups excluding carboxylic acids is 4. The Labute approximate surface area is 204 Å². The van der Waals surface area contributed by atoms with Crippen molar-refractivity contribution >= 4 is 23.5 Å². The van der Waals surface area contributed by atoms with Crippen LogP contribution >= 0.6 is 0 Å². The molecule has 2 heterocycles. The number of rotatable bonds is 3. The van der Waals surface area contributed by atoms with E-state index < -0.39 is 57.4 Å². The zero-order valence-corrected chi connectivity index (χ0v) is 20.8. The number of cyclic esters (lactones) is 1. The number of hydrogen-bond acceptors (Lipinski definition) is 8. The van der Waals surface area contributed by atoms with Crippen LogP contribution in [0.15, 0.2) is 34.2 Å². The van der Waals surface area contributed by atoms with Crippen LogP contribution in [0.1, 0.15) is 71.5 Å². The zero-order chi connectivity index (χ0) is 25.6. The summed E-state index contributed by atoms with van der Waals surface area (Å²) < 4.78 is 16.0. The summed E-state index contributed by atoms with van der Waals surface area (Å²) >= 11 is 0. The van der Waals surface area contributed by atoms with Crippen molar-refractivity contribution in [3.05, 3.63) is 35.3 Å². The number of ketones is 2. The van der Waals surface area contributed by atoms with Crippen LogP contribution in [0, 0.1) is 28.1 Å². The second-order valence-electron chi connectivity index (χ2n) is 11.6. The smallest absolute Gasteiger partial charge is 0.310 e. The molecule has 3 aliphatic carbocycles. The summed E-state index contributed by atoms with van der Waals surface area (Å²) in [5.74, 6) is -2.97. The molecule has 0 radical (unpaired) electrons. The van der Waals surface area contributed by atoms with E-state index in [0.717, 1.165) is 16.7 Å². The molecule has 0 amide bonds. The maximum absolute atomic E-state index is 13.9. The van der Waals surface area contributed by atoms with Crippen molar-refractivity contribution in [2.45, 2.75) is 71.5 Å². The van der Waals surface area contributed by atoms with Gasteiger partial charge in [0, 0.05) is 28.2 Å². The molecule has 0 spiro atoms. The summed E-state index contributed by atoms with van der Waals surface area (Å²) in [5, 5.41) is 11.7. The molecule has 0 unspecified atom stereocenters. The quantitative estimate of drug-likeness (QED) is 0.393. The van der Waals surface area contributed by atoms with Crippen molar-refractivity contribution in [1.82, 2.24) is 0 Å². The Morgan fingerprint density at radius 1 is 1.17 bits per heavy atom. The lowest BCUT2D eigenvalue weighted by atomic mass is 9.40. The van der Waals surface area contributed by atoms with Crippen molar-refractivity contribution in [3.8, 4) is 0 Å². The van der Waals surface area contributed by atoms with Gasteiger partial charge in [-0.2, -0.15) is 0 Å². The van der Waals surface area contributed by atoms with Gasteiger partial charge in [-0.15, -0.1) is 0 Å². The summed E-state index contributed by atoms with van der Waals surface area (Å²) in [6, 6.07) is 1.77. The van der Waals surface area contributed by atoms with Crippen molar-refractivity contribution < 1.29 is 38.2 Å². The Morgan fingerprint density at radius 2 is 1.89 bits per heavy atom. The predicted molar refractivity (Wildman–Crippen MR) is 122 cm³/mol. The molecular formula is C27H32O8. The van der Waals surface area contributed by atoms with Crippen LogP contribution in [0.25, 0.3) is 0 Å². The molecule has 188 valence electrons. The SMILES string of the molecule is COC(=O)C[C@H]1C(C)(C)C(=O)[C@]2(O)CC3=C4CC(=O)O[C@@H](c5ccoc5)[C@]4(C)CC[C@@H]3[C@@]1(C)C2=O. The average Bonchev–Trinajstić information content (AvgIpc) is 3.34. The summed E-state index contributed by atoms with van der Waals surface area (Å²) in [6.45, 7) is 7.23. The van der Waals surface area contributed by atoms with Gasteiger partial charge in [0.2, 0.25) is 0 Å². The summed E-state index contributed by atoms with van der Waals surface area (Å²) in [6.07, 6.45) is 3.57. The lowest BCUT2D eigenvalue weighted by molar-refractivity contribution is -0.192. The van der Waals surface area contributed by atoms with Crippen LogP contribution in [0.2, 0.25) is 0 Å². The van der Waals surface area contributed by atoms with Gasteiger partial charge in [-0.3, -0.25) is 19.2 Å². The van der Waals surface area contributed by atoms with E-state index in [2.05, 4.69) is 0 Å². The predicted octanol–water partition coefficient (Wildman–Crippen LogP) is 3.48. The molecule has 2 bridgehead atoms. The van der Waals surface area contributed by atoms with Crippen molar-refractivity contribution in [2.24, 2.45) is 28.1 Å². The monoisotopic (exact) mass is 484 g/mol. The third-order valence-electron chi connectivity index (χ3n) is 9.63. The molecule has 35 heavy (non-hydrogen) atoms. The minimum atomic E-state index is -2.20. The van der Waals surface area contributed by atoms with Gasteiger partial charge in [-0.1, -0.05) is 33.3 Å². The first-order valence-corrected chi connectivity index (χ1v) is 12.1. The van der Waals surface area contributed by atoms with Crippen LogP contribution in [0.4, 0.5) is 0 Å². The van der Waals surface area contributed by atoms with E-state index >= 15 is 0 Å².